The maximum Gasteiger partial charge on any atom is 0.352 e. The minimum absolute atomic E-state index is 0.202. The van der Waals surface area contributed by atoms with Crippen LogP contribution < -0.4 is 0 Å². The monoisotopic (exact) mass is 427 g/mol. The van der Waals surface area contributed by atoms with Gasteiger partial charge in [0, 0.05) is 16.1 Å². The normalized spacial score (nSPS) is 10.6. The van der Waals surface area contributed by atoms with Crippen LogP contribution in [-0.2, 0) is 11.3 Å². The Labute approximate surface area is 143 Å². The van der Waals surface area contributed by atoms with Crippen LogP contribution in [0.25, 0.3) is 11.4 Å². The molecule has 22 heavy (non-hydrogen) atoms. The summed E-state index contributed by atoms with van der Waals surface area (Å²) in [5, 5.41) is 3.94. The molecule has 0 aliphatic carbocycles. The Morgan fingerprint density at radius 2 is 2.23 bits per heavy atom. The zero-order chi connectivity index (χ0) is 15.5. The quantitative estimate of drug-likeness (QED) is 0.469. The SMILES string of the molecule is Cc1nc(-c2nnsc2C(=O)OCc2ccccc2I)co1. The molecule has 0 N–H and O–H groups in total. The van der Waals surface area contributed by atoms with Gasteiger partial charge in [0.2, 0.25) is 0 Å². The Balaban J connectivity index is 1.76. The molecule has 3 aromatic rings. The van der Waals surface area contributed by atoms with E-state index in [1.54, 1.807) is 6.92 Å². The number of hydrogen-bond donors (Lipinski definition) is 0. The smallest absolute Gasteiger partial charge is 0.352 e. The molecule has 112 valence electrons. The number of nitrogens with zero attached hydrogens (tertiary/aromatic N) is 3. The lowest BCUT2D eigenvalue weighted by molar-refractivity contribution is 0.0478. The highest BCUT2D eigenvalue weighted by atomic mass is 127. The lowest BCUT2D eigenvalue weighted by atomic mass is 10.2. The Kier molecular flexibility index (Phi) is 4.48. The lowest BCUT2D eigenvalue weighted by Crippen LogP contribution is -2.05. The molecule has 0 spiro atoms. The van der Waals surface area contributed by atoms with Crippen LogP contribution in [0, 0.1) is 10.5 Å². The Bertz CT molecular complexity index is 815. The summed E-state index contributed by atoms with van der Waals surface area (Å²) in [5.41, 5.74) is 1.81. The first-order valence-corrected chi connectivity index (χ1v) is 8.15. The van der Waals surface area contributed by atoms with Crippen molar-refractivity contribution >= 4 is 40.1 Å². The summed E-state index contributed by atoms with van der Waals surface area (Å²) in [7, 11) is 0. The van der Waals surface area contributed by atoms with Crippen LogP contribution >= 0.6 is 34.1 Å². The van der Waals surface area contributed by atoms with Crippen molar-refractivity contribution in [1.82, 2.24) is 14.6 Å². The molecule has 0 fully saturated rings. The van der Waals surface area contributed by atoms with Crippen LogP contribution in [0.4, 0.5) is 0 Å². The van der Waals surface area contributed by atoms with Crippen molar-refractivity contribution in [2.24, 2.45) is 0 Å². The van der Waals surface area contributed by atoms with Crippen molar-refractivity contribution < 1.29 is 13.9 Å². The summed E-state index contributed by atoms with van der Waals surface area (Å²) in [4.78, 5) is 16.7. The average molecular weight is 427 g/mol. The molecule has 0 aliphatic heterocycles. The van der Waals surface area contributed by atoms with E-state index in [1.807, 2.05) is 24.3 Å². The predicted octanol–water partition coefficient (Wildman–Crippen LogP) is 3.46. The second kappa shape index (κ2) is 6.53. The van der Waals surface area contributed by atoms with E-state index in [0.29, 0.717) is 22.2 Å². The number of aryl methyl sites for hydroxylation is 1. The van der Waals surface area contributed by atoms with Crippen molar-refractivity contribution in [1.29, 1.82) is 0 Å². The Hall–Kier alpha value is -1.81. The van der Waals surface area contributed by atoms with E-state index in [-0.39, 0.29) is 6.61 Å². The predicted molar refractivity (Wildman–Crippen MR) is 88.4 cm³/mol. The number of hydrogen-bond acceptors (Lipinski definition) is 7. The number of carbonyl (C=O) groups is 1. The van der Waals surface area contributed by atoms with Crippen LogP contribution in [0.2, 0.25) is 0 Å². The van der Waals surface area contributed by atoms with Crippen LogP contribution in [-0.4, -0.2) is 20.5 Å². The molecule has 2 aromatic heterocycles. The standard InChI is InChI=1S/C14H10IN3O3S/c1-8-16-11(7-20-8)12-13(22-18-17-12)14(19)21-6-9-4-2-3-5-10(9)15/h2-5,7H,6H2,1H3. The van der Waals surface area contributed by atoms with Gasteiger partial charge < -0.3 is 9.15 Å². The molecule has 0 aliphatic rings. The minimum Gasteiger partial charge on any atom is -0.456 e. The van der Waals surface area contributed by atoms with Gasteiger partial charge in [-0.15, -0.1) is 5.10 Å². The Morgan fingerprint density at radius 1 is 1.41 bits per heavy atom. The number of rotatable bonds is 4. The lowest BCUT2D eigenvalue weighted by Gasteiger charge is -2.05. The molecule has 1 aromatic carbocycles. The largest absolute Gasteiger partial charge is 0.456 e. The summed E-state index contributed by atoms with van der Waals surface area (Å²) in [6.45, 7) is 1.92. The van der Waals surface area contributed by atoms with Gasteiger partial charge in [-0.05, 0) is 40.2 Å². The maximum absolute atomic E-state index is 12.2. The Morgan fingerprint density at radius 3 is 2.95 bits per heavy atom. The molecule has 0 unspecified atom stereocenters. The third kappa shape index (κ3) is 3.17. The highest BCUT2D eigenvalue weighted by molar-refractivity contribution is 14.1. The van der Waals surface area contributed by atoms with Gasteiger partial charge in [-0.2, -0.15) is 0 Å². The van der Waals surface area contributed by atoms with Gasteiger partial charge in [0.15, 0.2) is 10.8 Å². The van der Waals surface area contributed by atoms with Gasteiger partial charge in [0.05, 0.1) is 0 Å². The van der Waals surface area contributed by atoms with E-state index in [2.05, 4.69) is 37.2 Å². The summed E-state index contributed by atoms with van der Waals surface area (Å²) in [5.74, 6) is 0.0338. The van der Waals surface area contributed by atoms with Crippen molar-refractivity contribution in [3.05, 3.63) is 50.4 Å². The fraction of sp³-hybridized carbons (Fsp3) is 0.143. The molecular formula is C14H10IN3O3S. The number of oxazole rings is 1. The molecule has 0 amide bonds. The van der Waals surface area contributed by atoms with Gasteiger partial charge in [-0.1, -0.05) is 22.7 Å². The van der Waals surface area contributed by atoms with E-state index in [0.717, 1.165) is 20.7 Å². The van der Waals surface area contributed by atoms with Gasteiger partial charge in [-0.3, -0.25) is 0 Å². The summed E-state index contributed by atoms with van der Waals surface area (Å²) < 4.78 is 15.3. The van der Waals surface area contributed by atoms with E-state index in [4.69, 9.17) is 9.15 Å². The fourth-order valence-electron chi connectivity index (χ4n) is 1.79. The average Bonchev–Trinajstić information content (AvgIpc) is 3.14. The highest BCUT2D eigenvalue weighted by Crippen LogP contribution is 2.24. The molecule has 8 heteroatoms. The van der Waals surface area contributed by atoms with Crippen molar-refractivity contribution in [2.45, 2.75) is 13.5 Å². The topological polar surface area (TPSA) is 78.1 Å². The number of carbonyl (C=O) groups excluding carboxylic acids is 1. The van der Waals surface area contributed by atoms with Gasteiger partial charge in [0.25, 0.3) is 0 Å². The molecule has 0 saturated carbocycles. The first-order chi connectivity index (χ1) is 10.6. The third-order valence-corrected chi connectivity index (χ3v) is 4.61. The minimum atomic E-state index is -0.467. The maximum atomic E-state index is 12.2. The molecule has 0 bridgehead atoms. The zero-order valence-corrected chi connectivity index (χ0v) is 14.4. The van der Waals surface area contributed by atoms with Gasteiger partial charge >= 0.3 is 5.97 Å². The van der Waals surface area contributed by atoms with Crippen LogP contribution in [0.5, 0.6) is 0 Å². The molecule has 0 radical (unpaired) electrons. The molecule has 2 heterocycles. The molecule has 0 saturated heterocycles. The second-order valence-corrected chi connectivity index (χ2v) is 6.29. The first-order valence-electron chi connectivity index (χ1n) is 6.30. The number of benzene rings is 1. The molecular weight excluding hydrogens is 417 g/mol. The highest BCUT2D eigenvalue weighted by Gasteiger charge is 2.21. The summed E-state index contributed by atoms with van der Waals surface area (Å²) >= 11 is 3.19. The van der Waals surface area contributed by atoms with Crippen molar-refractivity contribution in [3.8, 4) is 11.4 Å². The molecule has 6 nitrogen and oxygen atoms in total. The molecule has 3 rings (SSSR count). The third-order valence-electron chi connectivity index (χ3n) is 2.85. The second-order valence-electron chi connectivity index (χ2n) is 4.37. The van der Waals surface area contributed by atoms with E-state index in [1.165, 1.54) is 6.26 Å². The van der Waals surface area contributed by atoms with Crippen molar-refractivity contribution in [3.63, 3.8) is 0 Å². The summed E-state index contributed by atoms with van der Waals surface area (Å²) in [6.07, 6.45) is 1.45. The van der Waals surface area contributed by atoms with Crippen LogP contribution in [0.3, 0.4) is 0 Å². The van der Waals surface area contributed by atoms with E-state index >= 15 is 0 Å². The van der Waals surface area contributed by atoms with E-state index < -0.39 is 5.97 Å². The fourth-order valence-corrected chi connectivity index (χ4v) is 2.90. The number of ether oxygens (including phenoxy) is 1. The number of aromatic nitrogens is 3. The van der Waals surface area contributed by atoms with Crippen molar-refractivity contribution in [2.75, 3.05) is 0 Å². The molecule has 0 atom stereocenters. The summed E-state index contributed by atoms with van der Waals surface area (Å²) in [6, 6.07) is 7.72. The van der Waals surface area contributed by atoms with E-state index in [9.17, 15) is 4.79 Å². The van der Waals surface area contributed by atoms with Crippen LogP contribution in [0.15, 0.2) is 34.9 Å². The first kappa shape index (κ1) is 15.1. The van der Waals surface area contributed by atoms with Gasteiger partial charge in [-0.25, -0.2) is 9.78 Å². The number of halogens is 1. The number of esters is 1. The van der Waals surface area contributed by atoms with Crippen LogP contribution in [0.1, 0.15) is 21.1 Å². The zero-order valence-electron chi connectivity index (χ0n) is 11.4. The van der Waals surface area contributed by atoms with Gasteiger partial charge in [0.1, 0.15) is 24.3 Å².